The zero-order chi connectivity index (χ0) is 16.0. The molecule has 1 atom stereocenters. The Morgan fingerprint density at radius 1 is 1.26 bits per heavy atom. The molecule has 1 aliphatic rings. The minimum atomic E-state index is -0.457. The predicted molar refractivity (Wildman–Crippen MR) is 91.5 cm³/mol. The maximum Gasteiger partial charge on any atom is 0.423 e. The first-order chi connectivity index (χ1) is 11.1. The van der Waals surface area contributed by atoms with Crippen molar-refractivity contribution in [3.63, 3.8) is 0 Å². The Morgan fingerprint density at radius 2 is 2.04 bits per heavy atom. The van der Waals surface area contributed by atoms with Crippen LogP contribution in [0.15, 0.2) is 61.3 Å². The minimum Gasteiger partial charge on any atom is -0.407 e. The summed E-state index contributed by atoms with van der Waals surface area (Å²) in [6.07, 6.45) is 0.114. The summed E-state index contributed by atoms with van der Waals surface area (Å²) in [6, 6.07) is 13.6. The minimum absolute atomic E-state index is 0.440. The van der Waals surface area contributed by atoms with E-state index in [1.54, 1.807) is 0 Å². The number of oxime groups is 1. The molecule has 0 unspecified atom stereocenters. The molecular formula is C17H13BrN2O3. The van der Waals surface area contributed by atoms with Crippen molar-refractivity contribution in [2.75, 3.05) is 0 Å². The van der Waals surface area contributed by atoms with Crippen molar-refractivity contribution in [1.29, 1.82) is 0 Å². The van der Waals surface area contributed by atoms with Crippen molar-refractivity contribution in [2.24, 2.45) is 5.16 Å². The molecule has 0 N–H and O–H groups in total. The van der Waals surface area contributed by atoms with E-state index < -0.39 is 12.0 Å². The van der Waals surface area contributed by atoms with Gasteiger partial charge in [0.15, 0.2) is 5.58 Å². The van der Waals surface area contributed by atoms with Gasteiger partial charge in [-0.25, -0.2) is 9.36 Å². The van der Waals surface area contributed by atoms with Crippen molar-refractivity contribution in [2.45, 2.75) is 19.6 Å². The van der Waals surface area contributed by atoms with Crippen LogP contribution in [-0.2, 0) is 4.84 Å². The molecule has 4 rings (SSSR count). The number of aromatic nitrogens is 1. The fourth-order valence-electron chi connectivity index (χ4n) is 2.82. The Balaban J connectivity index is 1.96. The third-order valence-corrected chi connectivity index (χ3v) is 4.31. The van der Waals surface area contributed by atoms with Crippen LogP contribution >= 0.6 is 15.9 Å². The van der Waals surface area contributed by atoms with Crippen LogP contribution in [0.4, 0.5) is 0 Å². The van der Waals surface area contributed by atoms with E-state index in [9.17, 15) is 4.79 Å². The normalized spacial score (nSPS) is 17.3. The molecule has 6 heteroatoms. The maximum absolute atomic E-state index is 12.4. The summed E-state index contributed by atoms with van der Waals surface area (Å²) in [6.45, 7) is 1.87. The molecule has 23 heavy (non-hydrogen) atoms. The Labute approximate surface area is 140 Å². The number of hydrogen-bond acceptors (Lipinski definition) is 4. The van der Waals surface area contributed by atoms with Gasteiger partial charge in [0.1, 0.15) is 0 Å². The van der Waals surface area contributed by atoms with Crippen molar-refractivity contribution < 1.29 is 9.25 Å². The van der Waals surface area contributed by atoms with Gasteiger partial charge in [0.2, 0.25) is 6.23 Å². The van der Waals surface area contributed by atoms with Crippen molar-refractivity contribution >= 4 is 32.7 Å². The monoisotopic (exact) mass is 372 g/mol. The molecule has 2 heterocycles. The number of fused-ring (bicyclic) bond motifs is 1. The van der Waals surface area contributed by atoms with Crippen molar-refractivity contribution in [3.05, 3.63) is 57.5 Å². The van der Waals surface area contributed by atoms with E-state index in [-0.39, 0.29) is 0 Å². The lowest BCUT2D eigenvalue weighted by molar-refractivity contribution is 0.0304. The quantitative estimate of drug-likeness (QED) is 0.672. The molecule has 0 spiro atoms. The SMILES string of the molecule is CC1=NO[C@@H](n2c(=O)oc3c(-c4ccccc4)cc(Br)cc32)C1. The van der Waals surface area contributed by atoms with E-state index in [1.807, 2.05) is 49.4 Å². The molecule has 1 aliphatic heterocycles. The number of hydrogen-bond donors (Lipinski definition) is 0. The molecule has 1 aromatic heterocycles. The van der Waals surface area contributed by atoms with Crippen LogP contribution in [0.2, 0.25) is 0 Å². The van der Waals surface area contributed by atoms with E-state index >= 15 is 0 Å². The molecule has 5 nitrogen and oxygen atoms in total. The molecule has 0 amide bonds. The lowest BCUT2D eigenvalue weighted by Crippen LogP contribution is -2.20. The third kappa shape index (κ3) is 2.39. The molecule has 0 bridgehead atoms. The number of halogens is 1. The van der Waals surface area contributed by atoms with Crippen LogP contribution in [0, 0.1) is 0 Å². The van der Waals surface area contributed by atoms with Crippen molar-refractivity contribution in [3.8, 4) is 11.1 Å². The predicted octanol–water partition coefficient (Wildman–Crippen LogP) is 4.32. The summed E-state index contributed by atoms with van der Waals surface area (Å²) in [5.41, 5.74) is 3.95. The Bertz CT molecular complexity index is 973. The van der Waals surface area contributed by atoms with Crippen molar-refractivity contribution in [1.82, 2.24) is 4.57 Å². The van der Waals surface area contributed by atoms with E-state index in [2.05, 4.69) is 21.1 Å². The zero-order valence-electron chi connectivity index (χ0n) is 12.3. The number of nitrogens with zero attached hydrogens (tertiary/aromatic N) is 2. The van der Waals surface area contributed by atoms with Crippen LogP contribution in [-0.4, -0.2) is 10.3 Å². The highest BCUT2D eigenvalue weighted by molar-refractivity contribution is 9.10. The first-order valence-corrected chi connectivity index (χ1v) is 8.02. The summed E-state index contributed by atoms with van der Waals surface area (Å²) in [4.78, 5) is 17.7. The van der Waals surface area contributed by atoms with Gasteiger partial charge in [-0.15, -0.1) is 0 Å². The second-order valence-corrected chi connectivity index (χ2v) is 6.41. The molecule has 2 aromatic carbocycles. The van der Waals surface area contributed by atoms with Crippen LogP contribution in [0.25, 0.3) is 22.2 Å². The molecule has 0 radical (unpaired) electrons. The molecule has 0 saturated carbocycles. The standard InChI is InChI=1S/C17H13BrN2O3/c1-10-7-15(23-19-10)20-14-9-12(18)8-13(16(14)22-17(20)21)11-5-3-2-4-6-11/h2-6,8-9,15H,7H2,1H3/t15-/m1/s1. The molecule has 116 valence electrons. The highest BCUT2D eigenvalue weighted by atomic mass is 79.9. The average Bonchev–Trinajstić information content (AvgIpc) is 3.10. The topological polar surface area (TPSA) is 56.7 Å². The fourth-order valence-corrected chi connectivity index (χ4v) is 3.27. The lowest BCUT2D eigenvalue weighted by Gasteiger charge is -2.10. The summed E-state index contributed by atoms with van der Waals surface area (Å²) in [5.74, 6) is -0.440. The van der Waals surface area contributed by atoms with Gasteiger partial charge >= 0.3 is 5.76 Å². The van der Waals surface area contributed by atoms with Gasteiger partial charge in [-0.05, 0) is 24.6 Å². The summed E-state index contributed by atoms with van der Waals surface area (Å²) < 4.78 is 7.93. The van der Waals surface area contributed by atoms with E-state index in [0.29, 0.717) is 17.5 Å². The summed E-state index contributed by atoms with van der Waals surface area (Å²) >= 11 is 3.52. The highest BCUT2D eigenvalue weighted by Gasteiger charge is 2.26. The second kappa shape index (κ2) is 5.38. The number of rotatable bonds is 2. The van der Waals surface area contributed by atoms with Gasteiger partial charge in [-0.1, -0.05) is 51.4 Å². The van der Waals surface area contributed by atoms with Gasteiger partial charge in [-0.2, -0.15) is 0 Å². The lowest BCUT2D eigenvalue weighted by atomic mass is 10.0. The number of oxazole rings is 1. The van der Waals surface area contributed by atoms with Gasteiger partial charge in [-0.3, -0.25) is 0 Å². The third-order valence-electron chi connectivity index (χ3n) is 3.85. The fraction of sp³-hybridized carbons (Fsp3) is 0.176. The van der Waals surface area contributed by atoms with Gasteiger partial charge in [0.25, 0.3) is 0 Å². The summed E-state index contributed by atoms with van der Waals surface area (Å²) in [7, 11) is 0. The smallest absolute Gasteiger partial charge is 0.407 e. The van der Waals surface area contributed by atoms with Crippen LogP contribution in [0.1, 0.15) is 19.6 Å². The van der Waals surface area contributed by atoms with E-state index in [1.165, 1.54) is 4.57 Å². The first-order valence-electron chi connectivity index (χ1n) is 7.23. The second-order valence-electron chi connectivity index (χ2n) is 5.50. The van der Waals surface area contributed by atoms with Gasteiger partial charge in [0, 0.05) is 16.5 Å². The average molecular weight is 373 g/mol. The molecule has 3 aromatic rings. The maximum atomic E-state index is 12.4. The molecule has 0 aliphatic carbocycles. The van der Waals surface area contributed by atoms with Crippen LogP contribution in [0.3, 0.4) is 0 Å². The molecular weight excluding hydrogens is 360 g/mol. The van der Waals surface area contributed by atoms with Crippen LogP contribution < -0.4 is 5.76 Å². The number of benzene rings is 2. The Kier molecular flexibility index (Phi) is 3.34. The van der Waals surface area contributed by atoms with E-state index in [4.69, 9.17) is 9.25 Å². The molecule has 0 saturated heterocycles. The first kappa shape index (κ1) is 14.3. The van der Waals surface area contributed by atoms with Gasteiger partial charge in [0.05, 0.1) is 11.2 Å². The highest BCUT2D eigenvalue weighted by Crippen LogP contribution is 2.34. The van der Waals surface area contributed by atoms with Gasteiger partial charge < -0.3 is 9.25 Å². The Morgan fingerprint density at radius 3 is 2.74 bits per heavy atom. The zero-order valence-corrected chi connectivity index (χ0v) is 13.9. The summed E-state index contributed by atoms with van der Waals surface area (Å²) in [5, 5.41) is 3.93. The Hall–Kier alpha value is -2.34. The van der Waals surface area contributed by atoms with E-state index in [0.717, 1.165) is 21.3 Å². The largest absolute Gasteiger partial charge is 0.423 e. The molecule has 0 fully saturated rings. The van der Waals surface area contributed by atoms with Crippen LogP contribution in [0.5, 0.6) is 0 Å².